The number of carbonyl (C=O) groups is 2. The minimum atomic E-state index is -1.12. The van der Waals surface area contributed by atoms with Gasteiger partial charge in [-0.3, -0.25) is 5.32 Å². The molecule has 10 nitrogen and oxygen atoms in total. The van der Waals surface area contributed by atoms with Crippen molar-refractivity contribution in [2.45, 2.75) is 71.6 Å². The number of hydrogen-bond acceptors (Lipinski definition) is 6. The Morgan fingerprint density at radius 3 is 2.57 bits per heavy atom. The molecule has 0 atom stereocenters. The van der Waals surface area contributed by atoms with Gasteiger partial charge in [0.15, 0.2) is 11.5 Å². The van der Waals surface area contributed by atoms with Crippen molar-refractivity contribution in [1.29, 1.82) is 0 Å². The smallest absolute Gasteiger partial charge is 0.410 e. The molecule has 0 radical (unpaired) electrons. The van der Waals surface area contributed by atoms with Crippen LogP contribution in [-0.4, -0.2) is 71.5 Å². The van der Waals surface area contributed by atoms with E-state index in [-0.39, 0.29) is 12.1 Å². The van der Waals surface area contributed by atoms with Crippen molar-refractivity contribution in [3.8, 4) is 0 Å². The Hall–Kier alpha value is -2.66. The topological polar surface area (TPSA) is 111 Å². The van der Waals surface area contributed by atoms with Crippen molar-refractivity contribution >= 4 is 37.2 Å². The average Bonchev–Trinajstić information content (AvgIpc) is 3.16. The van der Waals surface area contributed by atoms with Gasteiger partial charge < -0.3 is 24.3 Å². The van der Waals surface area contributed by atoms with E-state index in [4.69, 9.17) is 9.47 Å². The number of amides is 3. The number of fused-ring (bicyclic) bond motifs is 1. The van der Waals surface area contributed by atoms with E-state index >= 15 is 0 Å². The average molecular weight is 505 g/mol. The van der Waals surface area contributed by atoms with Crippen molar-refractivity contribution in [3.05, 3.63) is 18.5 Å². The Balaban J connectivity index is 1.41. The van der Waals surface area contributed by atoms with Gasteiger partial charge in [-0.1, -0.05) is 19.6 Å². The van der Waals surface area contributed by atoms with Crippen molar-refractivity contribution in [3.63, 3.8) is 0 Å². The van der Waals surface area contributed by atoms with Gasteiger partial charge in [-0.05, 0) is 51.6 Å². The lowest BCUT2D eigenvalue weighted by molar-refractivity contribution is 0.0184. The monoisotopic (exact) mass is 504 g/mol. The van der Waals surface area contributed by atoms with Gasteiger partial charge in [-0.25, -0.2) is 19.6 Å². The van der Waals surface area contributed by atoms with Crippen LogP contribution in [0.4, 0.5) is 15.4 Å². The summed E-state index contributed by atoms with van der Waals surface area (Å²) in [5.74, 6) is 0.704. The summed E-state index contributed by atoms with van der Waals surface area (Å²) in [7, 11) is -1.12. The van der Waals surface area contributed by atoms with Crippen molar-refractivity contribution in [2.24, 2.45) is 5.92 Å². The molecule has 0 aliphatic carbocycles. The van der Waals surface area contributed by atoms with E-state index in [1.165, 1.54) is 0 Å². The molecule has 1 aliphatic rings. The minimum Gasteiger partial charge on any atom is -0.444 e. The first-order valence-corrected chi connectivity index (χ1v) is 16.0. The highest BCUT2D eigenvalue weighted by Gasteiger charge is 2.27. The summed E-state index contributed by atoms with van der Waals surface area (Å²) < 4.78 is 13.2. The van der Waals surface area contributed by atoms with Gasteiger partial charge in [0.1, 0.15) is 17.8 Å². The molecule has 3 rings (SSSR count). The maximum atomic E-state index is 12.4. The molecule has 3 heterocycles. The molecule has 2 aromatic heterocycles. The Bertz CT molecular complexity index is 1010. The fourth-order valence-electron chi connectivity index (χ4n) is 3.71. The normalized spacial score (nSPS) is 15.3. The molecule has 35 heavy (non-hydrogen) atoms. The number of aromatic nitrogens is 3. The molecule has 2 aromatic rings. The Labute approximate surface area is 208 Å². The molecular formula is C24H40N6O4Si. The molecule has 0 bridgehead atoms. The second kappa shape index (κ2) is 11.4. The summed E-state index contributed by atoms with van der Waals surface area (Å²) in [6, 6.07) is 2.66. The maximum absolute atomic E-state index is 12.4. The third-order valence-corrected chi connectivity index (χ3v) is 7.45. The van der Waals surface area contributed by atoms with Gasteiger partial charge in [-0.2, -0.15) is 0 Å². The number of carbonyl (C=O) groups excluding carboxylic acids is 2. The van der Waals surface area contributed by atoms with Crippen LogP contribution in [0.25, 0.3) is 11.2 Å². The number of urea groups is 1. The third kappa shape index (κ3) is 8.81. The van der Waals surface area contributed by atoms with Crippen LogP contribution >= 0.6 is 0 Å². The van der Waals surface area contributed by atoms with Crippen LogP contribution in [0.3, 0.4) is 0 Å². The third-order valence-electron chi connectivity index (χ3n) is 5.75. The number of rotatable bonds is 8. The Morgan fingerprint density at radius 2 is 1.91 bits per heavy atom. The van der Waals surface area contributed by atoms with E-state index < -0.39 is 13.7 Å². The number of anilines is 1. The SMILES string of the molecule is CC(C)(C)OC(=O)N1CCC(CNC(=O)Nc2cnc3c(ccn3COCC[Si](C)(C)C)n2)CC1. The van der Waals surface area contributed by atoms with Crippen LogP contribution in [0.15, 0.2) is 18.5 Å². The molecule has 0 saturated carbocycles. The zero-order chi connectivity index (χ0) is 25.6. The van der Waals surface area contributed by atoms with E-state index in [2.05, 4.69) is 40.2 Å². The zero-order valence-corrected chi connectivity index (χ0v) is 22.9. The van der Waals surface area contributed by atoms with Gasteiger partial charge in [-0.15, -0.1) is 0 Å². The number of nitrogens with zero attached hydrogens (tertiary/aromatic N) is 4. The van der Waals surface area contributed by atoms with E-state index in [9.17, 15) is 9.59 Å². The summed E-state index contributed by atoms with van der Waals surface area (Å²) in [4.78, 5) is 35.3. The van der Waals surface area contributed by atoms with Gasteiger partial charge >= 0.3 is 12.1 Å². The Kier molecular flexibility index (Phi) is 8.76. The first kappa shape index (κ1) is 26.9. The second-order valence-corrected chi connectivity index (χ2v) is 17.0. The molecule has 3 amide bonds. The lowest BCUT2D eigenvalue weighted by atomic mass is 9.97. The number of piperidine rings is 1. The fraction of sp³-hybridized carbons (Fsp3) is 0.667. The summed E-state index contributed by atoms with van der Waals surface area (Å²) in [5, 5.41) is 5.67. The molecule has 2 N–H and O–H groups in total. The van der Waals surface area contributed by atoms with Crippen LogP contribution in [-0.2, 0) is 16.2 Å². The van der Waals surface area contributed by atoms with Gasteiger partial charge in [0, 0.05) is 40.5 Å². The van der Waals surface area contributed by atoms with Crippen LogP contribution in [0.1, 0.15) is 33.6 Å². The fourth-order valence-corrected chi connectivity index (χ4v) is 4.47. The molecule has 0 aromatic carbocycles. The molecule has 194 valence electrons. The number of hydrogen-bond donors (Lipinski definition) is 2. The van der Waals surface area contributed by atoms with Crippen molar-refractivity contribution in [2.75, 3.05) is 31.6 Å². The van der Waals surface area contributed by atoms with Gasteiger partial charge in [0.05, 0.1) is 6.20 Å². The highest BCUT2D eigenvalue weighted by atomic mass is 28.3. The van der Waals surface area contributed by atoms with Crippen LogP contribution in [0, 0.1) is 5.92 Å². The molecule has 1 aliphatic heterocycles. The number of nitrogens with one attached hydrogen (secondary N) is 2. The van der Waals surface area contributed by atoms with Crippen molar-refractivity contribution < 1.29 is 19.1 Å². The van der Waals surface area contributed by atoms with Gasteiger partial charge in [0.2, 0.25) is 0 Å². The lowest BCUT2D eigenvalue weighted by Crippen LogP contribution is -2.44. The summed E-state index contributed by atoms with van der Waals surface area (Å²) >= 11 is 0. The molecule has 1 fully saturated rings. The van der Waals surface area contributed by atoms with Gasteiger partial charge in [0.25, 0.3) is 0 Å². The van der Waals surface area contributed by atoms with Crippen LogP contribution < -0.4 is 10.6 Å². The number of ether oxygens (including phenoxy) is 2. The van der Waals surface area contributed by atoms with E-state index in [1.54, 1.807) is 11.1 Å². The lowest BCUT2D eigenvalue weighted by Gasteiger charge is -2.33. The molecular weight excluding hydrogens is 464 g/mol. The summed E-state index contributed by atoms with van der Waals surface area (Å²) in [6.07, 6.45) is 4.81. The molecule has 11 heteroatoms. The predicted octanol–water partition coefficient (Wildman–Crippen LogP) is 4.51. The maximum Gasteiger partial charge on any atom is 0.410 e. The standard InChI is InChI=1S/C24H40N6O4Si/c1-24(2,3)34-23(32)29-10-7-18(8-11-29)15-26-22(31)28-20-16-25-21-19(27-20)9-12-30(21)17-33-13-14-35(4,5)6/h9,12,16,18H,7-8,10-11,13-15,17H2,1-6H3,(H2,26,27,28,31). The highest BCUT2D eigenvalue weighted by molar-refractivity contribution is 6.76. The van der Waals surface area contributed by atoms with Crippen LogP contribution in [0.5, 0.6) is 0 Å². The molecule has 1 saturated heterocycles. The Morgan fingerprint density at radius 1 is 1.20 bits per heavy atom. The predicted molar refractivity (Wildman–Crippen MR) is 139 cm³/mol. The summed E-state index contributed by atoms with van der Waals surface area (Å²) in [5.41, 5.74) is 0.926. The largest absolute Gasteiger partial charge is 0.444 e. The molecule has 0 unspecified atom stereocenters. The quantitative estimate of drug-likeness (QED) is 0.404. The number of likely N-dealkylation sites (tertiary alicyclic amines) is 1. The molecule has 0 spiro atoms. The highest BCUT2D eigenvalue weighted by Crippen LogP contribution is 2.19. The van der Waals surface area contributed by atoms with E-state index in [0.717, 1.165) is 31.1 Å². The minimum absolute atomic E-state index is 0.275. The second-order valence-electron chi connectivity index (χ2n) is 11.3. The first-order chi connectivity index (χ1) is 16.4. The zero-order valence-electron chi connectivity index (χ0n) is 21.9. The first-order valence-electron chi connectivity index (χ1n) is 12.3. The van der Waals surface area contributed by atoms with Crippen LogP contribution in [0.2, 0.25) is 25.7 Å². The van der Waals surface area contributed by atoms with E-state index in [1.807, 2.05) is 37.6 Å². The summed E-state index contributed by atoms with van der Waals surface area (Å²) in [6.45, 7) is 15.5. The van der Waals surface area contributed by atoms with E-state index in [0.29, 0.717) is 43.6 Å². The van der Waals surface area contributed by atoms with Crippen molar-refractivity contribution in [1.82, 2.24) is 24.8 Å².